The van der Waals surface area contributed by atoms with Crippen molar-refractivity contribution < 1.29 is 38.3 Å². The number of rotatable bonds is 15. The van der Waals surface area contributed by atoms with E-state index in [0.717, 1.165) is 25.7 Å². The van der Waals surface area contributed by atoms with Gasteiger partial charge in [0.15, 0.2) is 5.05 Å². The van der Waals surface area contributed by atoms with Crippen molar-refractivity contribution in [1.82, 2.24) is 21.2 Å². The average Bonchev–Trinajstić information content (AvgIpc) is 2.80. The smallest absolute Gasteiger partial charge is 0.414 e. The van der Waals surface area contributed by atoms with Crippen molar-refractivity contribution in [3.63, 3.8) is 0 Å². The highest BCUT2D eigenvalue weighted by molar-refractivity contribution is 7.80. The van der Waals surface area contributed by atoms with Crippen molar-refractivity contribution in [3.05, 3.63) is 0 Å². The van der Waals surface area contributed by atoms with Gasteiger partial charge in [0, 0.05) is 20.0 Å². The maximum atomic E-state index is 13.5. The van der Waals surface area contributed by atoms with Gasteiger partial charge in [-0.1, -0.05) is 18.1 Å². The van der Waals surface area contributed by atoms with Crippen molar-refractivity contribution in [2.75, 3.05) is 19.7 Å². The third-order valence-corrected chi connectivity index (χ3v) is 5.22. The molecular weight excluding hydrogens is 614 g/mol. The Morgan fingerprint density at radius 2 is 1.20 bits per heavy atom. The van der Waals surface area contributed by atoms with E-state index in [2.05, 4.69) is 20.9 Å². The van der Waals surface area contributed by atoms with Crippen LogP contribution in [-0.4, -0.2) is 82.5 Å². The van der Waals surface area contributed by atoms with Crippen molar-refractivity contribution in [3.8, 4) is 0 Å². The number of guanidine groups is 1. The molecule has 0 bridgehead atoms. The van der Waals surface area contributed by atoms with Crippen LogP contribution in [0.25, 0.3) is 0 Å². The Balaban J connectivity index is 5.72. The SMILES string of the molecule is CC(=S)OCCCCCCNC(=O)C(CCCN=C(NC(=O)OC(C)(C)C)NC(=O)OC(C)(C)C)N(OC(C)(C)C)OC(C)(C)C. The summed E-state index contributed by atoms with van der Waals surface area (Å²) >= 11 is 4.93. The maximum Gasteiger partial charge on any atom is 0.414 e. The molecule has 1 unspecified atom stereocenters. The topological polar surface area (TPSA) is 149 Å². The van der Waals surface area contributed by atoms with E-state index in [1.54, 1.807) is 48.5 Å². The fraction of sp³-hybridized carbons (Fsp3) is 0.844. The predicted octanol–water partition coefficient (Wildman–Crippen LogP) is 6.34. The molecule has 13 nitrogen and oxygen atoms in total. The van der Waals surface area contributed by atoms with E-state index in [-0.39, 0.29) is 18.4 Å². The molecule has 3 amide bonds. The van der Waals surface area contributed by atoms with Crippen LogP contribution in [-0.2, 0) is 28.7 Å². The highest BCUT2D eigenvalue weighted by Crippen LogP contribution is 2.22. The summed E-state index contributed by atoms with van der Waals surface area (Å²) in [6.45, 7) is 24.5. The van der Waals surface area contributed by atoms with Gasteiger partial charge < -0.3 is 19.5 Å². The third-order valence-electron chi connectivity index (χ3n) is 5.10. The number of thiocarbonyl (C=S) groups is 1. The monoisotopic (exact) mass is 675 g/mol. The Hall–Kier alpha value is -2.55. The van der Waals surface area contributed by atoms with Crippen LogP contribution in [0.1, 0.15) is 129 Å². The van der Waals surface area contributed by atoms with Crippen molar-refractivity contribution in [2.45, 2.75) is 157 Å². The first kappa shape index (κ1) is 43.5. The van der Waals surface area contributed by atoms with E-state index in [0.29, 0.717) is 31.0 Å². The van der Waals surface area contributed by atoms with E-state index >= 15 is 0 Å². The highest BCUT2D eigenvalue weighted by Gasteiger charge is 2.34. The number of alkyl carbamates (subject to hydrolysis) is 2. The minimum Gasteiger partial charge on any atom is -0.487 e. The molecule has 0 aromatic rings. The molecule has 0 rings (SSSR count). The molecule has 0 spiro atoms. The molecule has 0 aliphatic heterocycles. The van der Waals surface area contributed by atoms with E-state index in [1.807, 2.05) is 41.5 Å². The molecule has 0 aromatic heterocycles. The number of carbonyl (C=O) groups excluding carboxylic acids is 3. The lowest BCUT2D eigenvalue weighted by Gasteiger charge is -2.37. The second kappa shape index (κ2) is 20.0. The van der Waals surface area contributed by atoms with E-state index in [9.17, 15) is 14.4 Å². The minimum atomic E-state index is -0.811. The lowest BCUT2D eigenvalue weighted by atomic mass is 10.1. The van der Waals surface area contributed by atoms with E-state index in [1.165, 1.54) is 5.23 Å². The highest BCUT2D eigenvalue weighted by atomic mass is 32.1. The molecule has 0 fully saturated rings. The molecular formula is C32H61N5O8S. The molecule has 268 valence electrons. The maximum absolute atomic E-state index is 13.5. The van der Waals surface area contributed by atoms with Gasteiger partial charge in [-0.2, -0.15) is 0 Å². The Bertz CT molecular complexity index is 946. The van der Waals surface area contributed by atoms with Gasteiger partial charge in [-0.05, 0) is 121 Å². The van der Waals surface area contributed by atoms with Gasteiger partial charge in [0.05, 0.1) is 17.8 Å². The Morgan fingerprint density at radius 3 is 1.63 bits per heavy atom. The second-order valence-corrected chi connectivity index (χ2v) is 15.5. The number of unbranched alkanes of at least 4 members (excludes halogenated alkanes) is 3. The molecule has 3 N–H and O–H groups in total. The summed E-state index contributed by atoms with van der Waals surface area (Å²) in [4.78, 5) is 55.0. The van der Waals surface area contributed by atoms with Crippen LogP contribution >= 0.6 is 12.2 Å². The zero-order valence-corrected chi connectivity index (χ0v) is 31.3. The number of hydrogen-bond acceptors (Lipinski definition) is 11. The standard InChI is InChI=1S/C32H61N5O8S/c1-23(46)41-22-17-15-14-16-20-33-25(38)24(37(44-31(8,9)10)45-32(11,12)13)19-18-21-34-26(35-27(39)42-29(2,3)4)36-28(40)43-30(5,6)7/h24H,14-22H2,1-13H3,(H,33,38)(H2,34,35,36,39,40). The molecule has 0 saturated carbocycles. The normalized spacial score (nSPS) is 13.0. The number of nitrogens with zero attached hydrogens (tertiary/aromatic N) is 2. The number of amides is 3. The fourth-order valence-electron chi connectivity index (χ4n) is 3.53. The lowest BCUT2D eigenvalue weighted by Crippen LogP contribution is -2.52. The van der Waals surface area contributed by atoms with Crippen LogP contribution in [0.4, 0.5) is 9.59 Å². The largest absolute Gasteiger partial charge is 0.487 e. The van der Waals surface area contributed by atoms with Crippen molar-refractivity contribution >= 4 is 41.3 Å². The summed E-state index contributed by atoms with van der Waals surface area (Å²) < 4.78 is 15.9. The number of nitrogens with one attached hydrogen (secondary N) is 3. The zero-order valence-electron chi connectivity index (χ0n) is 30.5. The predicted molar refractivity (Wildman–Crippen MR) is 183 cm³/mol. The van der Waals surface area contributed by atoms with Gasteiger partial charge in [0.2, 0.25) is 11.9 Å². The molecule has 0 heterocycles. The van der Waals surface area contributed by atoms with E-state index in [4.69, 9.17) is 36.1 Å². The second-order valence-electron chi connectivity index (χ2n) is 14.9. The van der Waals surface area contributed by atoms with Gasteiger partial charge in [-0.25, -0.2) is 9.59 Å². The van der Waals surface area contributed by atoms with Crippen LogP contribution in [0.15, 0.2) is 4.99 Å². The van der Waals surface area contributed by atoms with E-state index < -0.39 is 40.6 Å². The Labute approximate surface area is 282 Å². The van der Waals surface area contributed by atoms with Crippen LogP contribution < -0.4 is 16.0 Å². The van der Waals surface area contributed by atoms with Gasteiger partial charge >= 0.3 is 12.2 Å². The van der Waals surface area contributed by atoms with Crippen LogP contribution in [0.3, 0.4) is 0 Å². The Kier molecular flexibility index (Phi) is 18.9. The average molecular weight is 676 g/mol. The van der Waals surface area contributed by atoms with Crippen molar-refractivity contribution in [2.24, 2.45) is 4.99 Å². The van der Waals surface area contributed by atoms with Gasteiger partial charge in [0.1, 0.15) is 17.2 Å². The Morgan fingerprint density at radius 1 is 0.717 bits per heavy atom. The summed E-state index contributed by atoms with van der Waals surface area (Å²) in [5.41, 5.74) is -2.81. The summed E-state index contributed by atoms with van der Waals surface area (Å²) in [7, 11) is 0. The third kappa shape index (κ3) is 25.6. The number of carbonyl (C=O) groups is 3. The molecule has 14 heteroatoms. The molecule has 46 heavy (non-hydrogen) atoms. The van der Waals surface area contributed by atoms with Crippen LogP contribution in [0.5, 0.6) is 0 Å². The first-order chi connectivity index (χ1) is 20.9. The van der Waals surface area contributed by atoms with Crippen molar-refractivity contribution in [1.29, 1.82) is 0 Å². The molecule has 0 saturated heterocycles. The molecule has 0 aliphatic rings. The minimum absolute atomic E-state index is 0.135. The first-order valence-corrected chi connectivity index (χ1v) is 16.4. The summed E-state index contributed by atoms with van der Waals surface area (Å²) in [6.07, 6.45) is 2.68. The molecule has 0 aromatic carbocycles. The number of hydroxylamine groups is 2. The van der Waals surface area contributed by atoms with Gasteiger partial charge in [-0.3, -0.25) is 30.1 Å². The molecule has 1 atom stereocenters. The molecule has 0 radical (unpaired) electrons. The zero-order chi connectivity index (χ0) is 35.8. The lowest BCUT2D eigenvalue weighted by molar-refractivity contribution is -0.440. The van der Waals surface area contributed by atoms with Crippen LogP contribution in [0.2, 0.25) is 0 Å². The number of hydrogen-bond donors (Lipinski definition) is 3. The van der Waals surface area contributed by atoms with Gasteiger partial charge in [0.25, 0.3) is 0 Å². The summed E-state index contributed by atoms with van der Waals surface area (Å²) in [5.74, 6) is -0.388. The molecule has 0 aliphatic carbocycles. The number of aliphatic imine (C=N–C) groups is 1. The summed E-state index contributed by atoms with van der Waals surface area (Å²) in [5, 5.41) is 9.77. The number of ether oxygens (including phenoxy) is 3. The summed E-state index contributed by atoms with van der Waals surface area (Å²) in [6, 6.07) is -0.811. The van der Waals surface area contributed by atoms with Gasteiger partial charge in [-0.15, -0.1) is 0 Å². The van der Waals surface area contributed by atoms with Crippen LogP contribution in [0, 0.1) is 0 Å². The first-order valence-electron chi connectivity index (χ1n) is 16.0. The quantitative estimate of drug-likeness (QED) is 0.0590. The fourth-order valence-corrected chi connectivity index (χ4v) is 3.61.